The molecule has 44 heavy (non-hydrogen) atoms. The predicted molar refractivity (Wildman–Crippen MR) is 155 cm³/mol. The lowest BCUT2D eigenvalue weighted by Crippen LogP contribution is -2.46. The normalized spacial score (nSPS) is 38.0. The summed E-state index contributed by atoms with van der Waals surface area (Å²) < 4.78 is 62.9. The van der Waals surface area contributed by atoms with Crippen molar-refractivity contribution in [3.05, 3.63) is 25.3 Å². The molecule has 10 atom stereocenters. The van der Waals surface area contributed by atoms with Crippen molar-refractivity contribution in [3.8, 4) is 0 Å². The van der Waals surface area contributed by atoms with Crippen molar-refractivity contribution in [2.45, 2.75) is 55.4 Å². The third-order valence-electron chi connectivity index (χ3n) is 7.76. The first-order chi connectivity index (χ1) is 20.8. The van der Waals surface area contributed by atoms with Crippen LogP contribution in [0.3, 0.4) is 0 Å². The molecule has 2 aliphatic heterocycles. The van der Waals surface area contributed by atoms with Crippen LogP contribution in [-0.4, -0.2) is 87.4 Å². The Labute approximate surface area is 257 Å². The topological polar surface area (TPSA) is 234 Å². The number of aryl methyl sites for hydroxylation is 1. The number of hydrogen-bond acceptors (Lipinski definition) is 15. The lowest BCUT2D eigenvalue weighted by molar-refractivity contribution is -0.706. The molecular formula is C21H26FN10O8P2S2+. The zero-order valence-corrected chi connectivity index (χ0v) is 26.0. The molecule has 18 nitrogen and oxygen atoms in total. The van der Waals surface area contributed by atoms with E-state index in [0.29, 0.717) is 11.2 Å². The van der Waals surface area contributed by atoms with Gasteiger partial charge in [0.15, 0.2) is 42.3 Å². The van der Waals surface area contributed by atoms with Crippen LogP contribution in [0, 0.1) is 0 Å². The third-order valence-corrected chi connectivity index (χ3v) is 10.9. The summed E-state index contributed by atoms with van der Waals surface area (Å²) >= 11 is 9.41. The van der Waals surface area contributed by atoms with Gasteiger partial charge in [0.1, 0.15) is 42.3 Å². The number of nitrogens with two attached hydrogens (primary N) is 2. The van der Waals surface area contributed by atoms with E-state index in [-0.39, 0.29) is 29.2 Å². The number of hydrogen-bond donors (Lipinski definition) is 5. The second-order valence-electron chi connectivity index (χ2n) is 10.5. The molecule has 1 aliphatic carbocycles. The smallest absolute Gasteiger partial charge is 0.386 e. The maximum absolute atomic E-state index is 16.1. The standard InChI is InChI=1S/C21H25FN10O8P2S2/c1-30-7-32(20-13(30)18(24)26-5-28-20)8-2-9-14(33)15(8)39-41(34,43)36-3-10-16(40-42(35,44)38-9)11(22)21(37-10)31-6-29-12-17(23)25-4-27-19(12)31/h4-11,14-16,21,33H,2-3H2,1H3,(H5-,23,24,25,26,27,28,34,35,43,44)/p+1/t8-,9+,10-,11-,14-,15+,16-,21-,41?,42?/m1/s1. The maximum Gasteiger partial charge on any atom is 0.386 e. The molecule has 0 aromatic carbocycles. The number of imidazole rings is 2. The van der Waals surface area contributed by atoms with Crippen LogP contribution in [0.1, 0.15) is 18.7 Å². The van der Waals surface area contributed by atoms with Gasteiger partial charge in [-0.05, 0) is 11.8 Å². The van der Waals surface area contributed by atoms with Gasteiger partial charge in [0, 0.05) is 6.42 Å². The number of thiol groups is 1. The van der Waals surface area contributed by atoms with E-state index < -0.39 is 69.1 Å². The van der Waals surface area contributed by atoms with Gasteiger partial charge in [-0.2, -0.15) is 4.98 Å². The van der Waals surface area contributed by atoms with Crippen molar-refractivity contribution >= 4 is 71.5 Å². The average molecular weight is 692 g/mol. The summed E-state index contributed by atoms with van der Waals surface area (Å²) in [6, 6.07) is -0.786. The van der Waals surface area contributed by atoms with E-state index in [1.165, 1.54) is 23.5 Å². The minimum Gasteiger partial charge on any atom is -0.388 e. The predicted octanol–water partition coefficient (Wildman–Crippen LogP) is 0.242. The van der Waals surface area contributed by atoms with Gasteiger partial charge < -0.3 is 30.7 Å². The summed E-state index contributed by atoms with van der Waals surface area (Å²) in [7, 11) is 1.72. The molecule has 4 aromatic heterocycles. The molecule has 0 spiro atoms. The highest BCUT2D eigenvalue weighted by Gasteiger charge is 2.55. The molecule has 6 heterocycles. The van der Waals surface area contributed by atoms with Crippen molar-refractivity contribution in [3.63, 3.8) is 0 Å². The highest BCUT2D eigenvalue weighted by Crippen LogP contribution is 2.59. The fraction of sp³-hybridized carbons (Fsp3) is 0.524. The summed E-state index contributed by atoms with van der Waals surface area (Å²) in [4.78, 5) is 31.6. The zero-order chi connectivity index (χ0) is 31.1. The van der Waals surface area contributed by atoms with Crippen LogP contribution >= 0.6 is 25.8 Å². The van der Waals surface area contributed by atoms with Crippen molar-refractivity contribution in [2.75, 3.05) is 18.1 Å². The Morgan fingerprint density at radius 1 is 1.11 bits per heavy atom. The number of aliphatic hydroxyl groups is 1. The number of nitrogen functional groups attached to an aromatic ring is 2. The molecule has 0 amide bonds. The number of nitrogens with zero attached hydrogens (tertiary/aromatic N) is 8. The van der Waals surface area contributed by atoms with E-state index in [1.807, 2.05) is 0 Å². The second-order valence-corrected chi connectivity index (χ2v) is 16.1. The Morgan fingerprint density at radius 3 is 2.66 bits per heavy atom. The summed E-state index contributed by atoms with van der Waals surface area (Å²) in [5.41, 5.74) is 13.2. The zero-order valence-electron chi connectivity index (χ0n) is 22.5. The summed E-state index contributed by atoms with van der Waals surface area (Å²) in [6.07, 6.45) is -4.85. The molecule has 3 fully saturated rings. The summed E-state index contributed by atoms with van der Waals surface area (Å²) in [6.45, 7) is -9.09. The molecule has 3 aliphatic rings. The van der Waals surface area contributed by atoms with Gasteiger partial charge in [-0.3, -0.25) is 22.7 Å². The lowest BCUT2D eigenvalue weighted by Gasteiger charge is -2.30. The number of halogens is 1. The molecule has 6 N–H and O–H groups in total. The van der Waals surface area contributed by atoms with Crippen LogP contribution in [0.5, 0.6) is 0 Å². The highest BCUT2D eigenvalue weighted by molar-refractivity contribution is 8.44. The van der Waals surface area contributed by atoms with E-state index in [0.717, 1.165) is 0 Å². The molecule has 4 aromatic rings. The first-order valence-electron chi connectivity index (χ1n) is 13.1. The number of anilines is 2. The number of aromatic nitrogens is 8. The third kappa shape index (κ3) is 5.09. The first-order valence-corrected chi connectivity index (χ1v) is 18.3. The Hall–Kier alpha value is -2.42. The second kappa shape index (κ2) is 10.8. The lowest BCUT2D eigenvalue weighted by atomic mass is 10.1. The molecule has 7 rings (SSSR count). The highest BCUT2D eigenvalue weighted by atomic mass is 32.7. The molecule has 23 heteroatoms. The Balaban J connectivity index is 1.22. The van der Waals surface area contributed by atoms with Crippen LogP contribution in [0.15, 0.2) is 25.3 Å². The number of alkyl halides is 1. The van der Waals surface area contributed by atoms with Gasteiger partial charge >= 0.3 is 19.2 Å². The number of ether oxygens (including phenoxy) is 1. The number of fused-ring (bicyclic) bond motifs is 5. The molecule has 236 valence electrons. The fourth-order valence-electron chi connectivity index (χ4n) is 5.85. The van der Waals surface area contributed by atoms with Crippen LogP contribution in [0.25, 0.3) is 22.3 Å². The van der Waals surface area contributed by atoms with Gasteiger partial charge in [-0.15, -0.1) is 0 Å². The van der Waals surface area contributed by atoms with Gasteiger partial charge in [-0.1, -0.05) is 17.2 Å². The molecule has 1 saturated carbocycles. The van der Waals surface area contributed by atoms with Gasteiger partial charge in [0.25, 0.3) is 0 Å². The molecule has 2 unspecified atom stereocenters. The quantitative estimate of drug-likeness (QED) is 0.108. The summed E-state index contributed by atoms with van der Waals surface area (Å²) in [5.74, 6) is 0.281. The monoisotopic (exact) mass is 691 g/mol. The van der Waals surface area contributed by atoms with Crippen molar-refractivity contribution < 1.29 is 46.4 Å². The summed E-state index contributed by atoms with van der Waals surface area (Å²) in [5, 5.41) is 11.3. The Kier molecular flexibility index (Phi) is 7.45. The van der Waals surface area contributed by atoms with E-state index in [2.05, 4.69) is 37.2 Å². The largest absolute Gasteiger partial charge is 0.388 e. The van der Waals surface area contributed by atoms with Crippen LogP contribution in [0.4, 0.5) is 16.0 Å². The number of aliphatic hydroxyl groups excluding tert-OH is 1. The van der Waals surface area contributed by atoms with Crippen LogP contribution < -0.4 is 16.0 Å². The molecule has 2 saturated heterocycles. The van der Waals surface area contributed by atoms with Gasteiger partial charge in [0.05, 0.1) is 26.1 Å². The number of rotatable bonds is 2. The average Bonchev–Trinajstić information content (AvgIpc) is 3.68. The Bertz CT molecular complexity index is 1870. The molecule has 2 bridgehead atoms. The van der Waals surface area contributed by atoms with E-state index in [9.17, 15) is 14.6 Å². The van der Waals surface area contributed by atoms with E-state index in [1.54, 1.807) is 22.5 Å². The molecular weight excluding hydrogens is 665 g/mol. The fourth-order valence-corrected chi connectivity index (χ4v) is 9.14. The van der Waals surface area contributed by atoms with Crippen LogP contribution in [0.2, 0.25) is 0 Å². The maximum atomic E-state index is 16.1. The first kappa shape index (κ1) is 30.2. The van der Waals surface area contributed by atoms with Crippen molar-refractivity contribution in [1.82, 2.24) is 34.1 Å². The minimum atomic E-state index is -4.27. The van der Waals surface area contributed by atoms with Crippen molar-refractivity contribution in [2.24, 2.45) is 7.05 Å². The molecule has 0 radical (unpaired) electrons. The van der Waals surface area contributed by atoms with E-state index in [4.69, 9.17) is 46.1 Å². The minimum absolute atomic E-state index is 0.0238. The Morgan fingerprint density at radius 2 is 1.86 bits per heavy atom. The van der Waals surface area contributed by atoms with Crippen molar-refractivity contribution in [1.29, 1.82) is 0 Å². The van der Waals surface area contributed by atoms with Crippen LogP contribution in [-0.2, 0) is 46.3 Å². The van der Waals surface area contributed by atoms with E-state index >= 15 is 4.39 Å². The SMILES string of the molecule is Cn1c[n+]([C@@H]2C[C@@H]3OP(O)(=S)O[C@H]4[C@@H](F)[C@H](n5cnc6c(N)ncnc65)O[C@@H]4COP(=O)(S)O[C@@H]2[C@@H]3O)c2ncnc(N)c21. The van der Waals surface area contributed by atoms with Gasteiger partial charge in [-0.25, -0.2) is 28.5 Å². The van der Waals surface area contributed by atoms with Gasteiger partial charge in [0.2, 0.25) is 5.52 Å².